The minimum Gasteiger partial charge on any atom is -0.447 e. The second kappa shape index (κ2) is 5.64. The van der Waals surface area contributed by atoms with Crippen molar-refractivity contribution in [3.05, 3.63) is 17.9 Å². The average molecular weight is 290 g/mol. The predicted octanol–water partition coefficient (Wildman–Crippen LogP) is 1.13. The van der Waals surface area contributed by atoms with E-state index in [2.05, 4.69) is 5.32 Å². The van der Waals surface area contributed by atoms with E-state index >= 15 is 0 Å². The quantitative estimate of drug-likeness (QED) is 0.880. The van der Waals surface area contributed by atoms with Crippen LogP contribution in [-0.2, 0) is 16.6 Å². The lowest BCUT2D eigenvalue weighted by Crippen LogP contribution is -2.27. The van der Waals surface area contributed by atoms with Gasteiger partial charge in [0.25, 0.3) is 10.0 Å². The van der Waals surface area contributed by atoms with Gasteiger partial charge in [0, 0.05) is 25.9 Å². The normalized spacial score (nSPS) is 20.7. The molecule has 1 saturated heterocycles. The molecular formula is C11H18N2O3S2. The van der Waals surface area contributed by atoms with Crippen molar-refractivity contribution >= 4 is 21.8 Å². The summed E-state index contributed by atoms with van der Waals surface area (Å²) in [6.07, 6.45) is 1.16. The molecule has 7 heteroatoms. The van der Waals surface area contributed by atoms with Gasteiger partial charge in [0.1, 0.15) is 5.76 Å². The van der Waals surface area contributed by atoms with E-state index in [1.54, 1.807) is 6.07 Å². The molecule has 5 nitrogen and oxygen atoms in total. The molecule has 1 aromatic heterocycles. The fourth-order valence-electron chi connectivity index (χ4n) is 1.71. The van der Waals surface area contributed by atoms with Gasteiger partial charge in [-0.2, -0.15) is 11.8 Å². The van der Waals surface area contributed by atoms with Crippen LogP contribution < -0.4 is 5.32 Å². The Morgan fingerprint density at radius 1 is 1.50 bits per heavy atom. The molecule has 1 unspecified atom stereocenters. The standard InChI is InChI=1S/C11H18N2O3S2/c1-13(2)18(14,15)11-4-3-10(16-11)7-12-9-5-6-17-8-9/h3-4,9,12H,5-8H2,1-2H3. The number of hydrogen-bond donors (Lipinski definition) is 1. The molecule has 0 aromatic carbocycles. The van der Waals surface area contributed by atoms with E-state index in [-0.39, 0.29) is 5.09 Å². The Morgan fingerprint density at radius 2 is 2.28 bits per heavy atom. The average Bonchev–Trinajstić information content (AvgIpc) is 2.97. The summed E-state index contributed by atoms with van der Waals surface area (Å²) in [5, 5.41) is 3.37. The smallest absolute Gasteiger partial charge is 0.275 e. The molecular weight excluding hydrogens is 272 g/mol. The van der Waals surface area contributed by atoms with Crippen LogP contribution in [-0.4, -0.2) is 44.4 Å². The van der Waals surface area contributed by atoms with Crippen LogP contribution in [0.3, 0.4) is 0 Å². The van der Waals surface area contributed by atoms with Crippen LogP contribution in [0.4, 0.5) is 0 Å². The molecule has 18 heavy (non-hydrogen) atoms. The fraction of sp³-hybridized carbons (Fsp3) is 0.636. The molecule has 2 heterocycles. The Bertz CT molecular complexity index is 490. The highest BCUT2D eigenvalue weighted by molar-refractivity contribution is 7.99. The van der Waals surface area contributed by atoms with Crippen molar-refractivity contribution in [1.29, 1.82) is 0 Å². The number of furan rings is 1. The molecule has 1 aliphatic heterocycles. The van der Waals surface area contributed by atoms with E-state index < -0.39 is 10.0 Å². The molecule has 0 aliphatic carbocycles. The predicted molar refractivity (Wildman–Crippen MR) is 72.2 cm³/mol. The number of nitrogens with zero attached hydrogens (tertiary/aromatic N) is 1. The maximum Gasteiger partial charge on any atom is 0.275 e. The number of sulfonamides is 1. The van der Waals surface area contributed by atoms with Crippen LogP contribution in [0.25, 0.3) is 0 Å². The van der Waals surface area contributed by atoms with Gasteiger partial charge < -0.3 is 9.73 Å². The van der Waals surface area contributed by atoms with E-state index in [9.17, 15) is 8.42 Å². The maximum atomic E-state index is 11.8. The zero-order valence-electron chi connectivity index (χ0n) is 10.5. The molecule has 1 aromatic rings. The minimum atomic E-state index is -3.46. The molecule has 0 spiro atoms. The van der Waals surface area contributed by atoms with E-state index in [0.717, 1.165) is 16.5 Å². The Balaban J connectivity index is 1.97. The third kappa shape index (κ3) is 3.09. The Kier molecular flexibility index (Phi) is 4.37. The van der Waals surface area contributed by atoms with Gasteiger partial charge in [-0.25, -0.2) is 12.7 Å². The van der Waals surface area contributed by atoms with Crippen molar-refractivity contribution in [3.63, 3.8) is 0 Å². The molecule has 1 fully saturated rings. The van der Waals surface area contributed by atoms with Crippen LogP contribution in [0.5, 0.6) is 0 Å². The monoisotopic (exact) mass is 290 g/mol. The lowest BCUT2D eigenvalue weighted by molar-refractivity contribution is 0.382. The highest BCUT2D eigenvalue weighted by Gasteiger charge is 2.22. The summed E-state index contributed by atoms with van der Waals surface area (Å²) in [5.74, 6) is 2.96. The molecule has 102 valence electrons. The summed E-state index contributed by atoms with van der Waals surface area (Å²) in [7, 11) is -0.475. The van der Waals surface area contributed by atoms with Gasteiger partial charge in [-0.1, -0.05) is 0 Å². The van der Waals surface area contributed by atoms with Crippen LogP contribution in [0.1, 0.15) is 12.2 Å². The van der Waals surface area contributed by atoms with Crippen LogP contribution in [0.2, 0.25) is 0 Å². The Morgan fingerprint density at radius 3 is 2.89 bits per heavy atom. The van der Waals surface area contributed by atoms with Crippen molar-refractivity contribution in [1.82, 2.24) is 9.62 Å². The highest BCUT2D eigenvalue weighted by Crippen LogP contribution is 2.19. The van der Waals surface area contributed by atoms with Crippen LogP contribution in [0, 0.1) is 0 Å². The number of nitrogens with one attached hydrogen (secondary N) is 1. The van der Waals surface area contributed by atoms with E-state index in [1.165, 1.54) is 25.9 Å². The van der Waals surface area contributed by atoms with Crippen LogP contribution in [0.15, 0.2) is 21.6 Å². The lowest BCUT2D eigenvalue weighted by atomic mass is 10.2. The van der Waals surface area contributed by atoms with Gasteiger partial charge in [0.2, 0.25) is 5.09 Å². The summed E-state index contributed by atoms with van der Waals surface area (Å²) >= 11 is 1.94. The molecule has 1 N–H and O–H groups in total. The molecule has 0 saturated carbocycles. The zero-order chi connectivity index (χ0) is 13.2. The van der Waals surface area contributed by atoms with E-state index in [1.807, 2.05) is 11.8 Å². The van der Waals surface area contributed by atoms with Gasteiger partial charge in [0.05, 0.1) is 6.54 Å². The Hall–Kier alpha value is -0.500. The van der Waals surface area contributed by atoms with Crippen molar-refractivity contribution in [2.24, 2.45) is 0 Å². The molecule has 1 aliphatic rings. The second-order valence-electron chi connectivity index (χ2n) is 4.45. The largest absolute Gasteiger partial charge is 0.447 e. The summed E-state index contributed by atoms with van der Waals surface area (Å²) in [5.41, 5.74) is 0. The molecule has 0 radical (unpaired) electrons. The first-order valence-electron chi connectivity index (χ1n) is 5.82. The van der Waals surface area contributed by atoms with Crippen molar-refractivity contribution in [2.45, 2.75) is 24.1 Å². The van der Waals surface area contributed by atoms with E-state index in [0.29, 0.717) is 18.3 Å². The summed E-state index contributed by atoms with van der Waals surface area (Å²) < 4.78 is 30.1. The topological polar surface area (TPSA) is 62.6 Å². The minimum absolute atomic E-state index is 0.00472. The van der Waals surface area contributed by atoms with Gasteiger partial charge in [-0.05, 0) is 24.3 Å². The first-order valence-corrected chi connectivity index (χ1v) is 8.42. The maximum absolute atomic E-state index is 11.8. The SMILES string of the molecule is CN(C)S(=O)(=O)c1ccc(CNC2CCSC2)o1. The highest BCUT2D eigenvalue weighted by atomic mass is 32.2. The molecule has 0 bridgehead atoms. The third-order valence-electron chi connectivity index (χ3n) is 2.87. The fourth-order valence-corrected chi connectivity index (χ4v) is 3.71. The van der Waals surface area contributed by atoms with Gasteiger partial charge >= 0.3 is 0 Å². The number of thioether (sulfide) groups is 1. The lowest BCUT2D eigenvalue weighted by Gasteiger charge is -2.10. The first kappa shape index (κ1) is 13.9. The van der Waals surface area contributed by atoms with E-state index in [4.69, 9.17) is 4.42 Å². The molecule has 1 atom stereocenters. The van der Waals surface area contributed by atoms with Crippen molar-refractivity contribution < 1.29 is 12.8 Å². The summed E-state index contributed by atoms with van der Waals surface area (Å²) in [6.45, 7) is 0.578. The number of hydrogen-bond acceptors (Lipinski definition) is 5. The summed E-state index contributed by atoms with van der Waals surface area (Å²) in [4.78, 5) is 0. The Labute approximate surface area is 112 Å². The number of rotatable bonds is 5. The van der Waals surface area contributed by atoms with Gasteiger partial charge in [0.15, 0.2) is 0 Å². The van der Waals surface area contributed by atoms with Gasteiger partial charge in [-0.15, -0.1) is 0 Å². The molecule has 2 rings (SSSR count). The summed E-state index contributed by atoms with van der Waals surface area (Å²) in [6, 6.07) is 3.73. The van der Waals surface area contributed by atoms with Crippen molar-refractivity contribution in [2.75, 3.05) is 25.6 Å². The molecule has 0 amide bonds. The van der Waals surface area contributed by atoms with Crippen LogP contribution >= 0.6 is 11.8 Å². The zero-order valence-corrected chi connectivity index (χ0v) is 12.2. The first-order chi connectivity index (χ1) is 8.50. The third-order valence-corrected chi connectivity index (χ3v) is 5.72. The second-order valence-corrected chi connectivity index (χ2v) is 7.68. The van der Waals surface area contributed by atoms with Crippen molar-refractivity contribution in [3.8, 4) is 0 Å². The van der Waals surface area contributed by atoms with Gasteiger partial charge in [-0.3, -0.25) is 0 Å².